The van der Waals surface area contributed by atoms with Crippen molar-refractivity contribution in [2.75, 3.05) is 26.0 Å². The third-order valence-electron chi connectivity index (χ3n) is 6.32. The number of para-hydroxylation sites is 1. The summed E-state index contributed by atoms with van der Waals surface area (Å²) in [5, 5.41) is 9.07. The molecule has 4 rings (SSSR count). The van der Waals surface area contributed by atoms with Gasteiger partial charge in [0.15, 0.2) is 0 Å². The van der Waals surface area contributed by atoms with E-state index in [1.165, 1.54) is 30.3 Å². The number of benzene rings is 2. The molecule has 43 heavy (non-hydrogen) atoms. The van der Waals surface area contributed by atoms with E-state index in [2.05, 4.69) is 11.0 Å². The molecule has 1 aliphatic rings. The summed E-state index contributed by atoms with van der Waals surface area (Å²) < 4.78 is 92.3. The van der Waals surface area contributed by atoms with Crippen molar-refractivity contribution in [1.82, 2.24) is 9.62 Å². The van der Waals surface area contributed by atoms with E-state index in [0.29, 0.717) is 17.8 Å². The van der Waals surface area contributed by atoms with Crippen molar-refractivity contribution in [2.24, 2.45) is 0 Å². The minimum atomic E-state index is -5.15. The number of rotatable bonds is 14. The van der Waals surface area contributed by atoms with Gasteiger partial charge in [-0.2, -0.15) is 23.2 Å². The first-order valence-corrected chi connectivity index (χ1v) is 17.3. The Balaban J connectivity index is 1.46. The number of allylic oxidation sites excluding steroid dienone is 2. The van der Waals surface area contributed by atoms with E-state index < -0.39 is 50.8 Å². The van der Waals surface area contributed by atoms with E-state index in [0.717, 1.165) is 38.4 Å². The first kappa shape index (κ1) is 32.6. The largest absolute Gasteiger partial charge is 0.493 e. The van der Waals surface area contributed by atoms with Crippen LogP contribution in [0.1, 0.15) is 36.8 Å². The molecule has 0 aliphatic carbocycles. The van der Waals surface area contributed by atoms with Gasteiger partial charge < -0.3 is 19.1 Å². The van der Waals surface area contributed by atoms with Crippen LogP contribution in [0, 0.1) is 11.3 Å². The third kappa shape index (κ3) is 8.84. The van der Waals surface area contributed by atoms with Crippen LogP contribution in [0.15, 0.2) is 71.1 Å². The Morgan fingerprint density at radius 3 is 2.51 bits per heavy atom. The van der Waals surface area contributed by atoms with Crippen LogP contribution in [0.3, 0.4) is 0 Å². The number of fused-ring (bicyclic) bond motifs is 1. The smallest absolute Gasteiger partial charge is 0.419 e. The lowest BCUT2D eigenvalue weighted by Gasteiger charge is -2.20. The molecule has 0 saturated carbocycles. The van der Waals surface area contributed by atoms with Gasteiger partial charge in [-0.1, -0.05) is 43.2 Å². The van der Waals surface area contributed by atoms with Gasteiger partial charge in [0.25, 0.3) is 10.0 Å². The van der Waals surface area contributed by atoms with E-state index in [1.54, 1.807) is 16.9 Å². The van der Waals surface area contributed by atoms with Gasteiger partial charge in [0, 0.05) is 23.2 Å². The zero-order valence-corrected chi connectivity index (χ0v) is 25.3. The summed E-state index contributed by atoms with van der Waals surface area (Å²) in [6.07, 6.45) is 5.28. The Hall–Kier alpha value is -3.34. The zero-order valence-electron chi connectivity index (χ0n) is 22.8. The number of nitriles is 1. The Bertz CT molecular complexity index is 1690. The Morgan fingerprint density at radius 2 is 1.84 bits per heavy atom. The average Bonchev–Trinajstić information content (AvgIpc) is 3.38. The first-order chi connectivity index (χ1) is 20.4. The maximum atomic E-state index is 14.2. The minimum Gasteiger partial charge on any atom is -0.493 e. The van der Waals surface area contributed by atoms with Crippen LogP contribution in [0.4, 0.5) is 13.2 Å². The number of alkyl halides is 3. The molecule has 0 radical (unpaired) electrons. The van der Waals surface area contributed by atoms with Crippen molar-refractivity contribution >= 4 is 39.0 Å². The summed E-state index contributed by atoms with van der Waals surface area (Å²) in [6.45, 7) is 2.08. The quantitative estimate of drug-likeness (QED) is 0.147. The molecule has 2 aromatic carbocycles. The van der Waals surface area contributed by atoms with Crippen LogP contribution in [-0.2, 0) is 20.8 Å². The number of hydrogen-bond donors (Lipinski definition) is 2. The average molecular weight is 656 g/mol. The number of nitrogens with zero attached hydrogens (tertiary/aromatic N) is 2. The maximum Gasteiger partial charge on any atom is 0.419 e. The van der Waals surface area contributed by atoms with Crippen LogP contribution >= 0.6 is 18.9 Å². The molecule has 230 valence electrons. The Morgan fingerprint density at radius 1 is 1.09 bits per heavy atom. The van der Waals surface area contributed by atoms with E-state index in [1.807, 2.05) is 18.4 Å². The summed E-state index contributed by atoms with van der Waals surface area (Å²) in [6, 6.07) is 11.5. The molecule has 2 N–H and O–H groups in total. The standard InChI is InChI=1S/C28H29F3N3O6PS2/c29-28(30,31)26-25-21(19-32)17-23(39-16-10-2-1-7-13-34-14-8-4-9-15-34)18-24(25)42-27(26)43(37,38)33-20-41(35,36)40-22-11-5-3-6-12-22/h3-6,8-9,11-12,14,17-18,33H,1-2,7,10,13,15-16,20H2,(H,35,36). The second-order valence-electron chi connectivity index (χ2n) is 9.59. The summed E-state index contributed by atoms with van der Waals surface area (Å²) in [4.78, 5) is 12.3. The third-order valence-corrected chi connectivity index (χ3v) is 10.6. The molecule has 0 spiro atoms. The van der Waals surface area contributed by atoms with Gasteiger partial charge in [0.1, 0.15) is 22.0 Å². The molecule has 0 amide bonds. The van der Waals surface area contributed by atoms with Gasteiger partial charge in [-0.3, -0.25) is 0 Å². The van der Waals surface area contributed by atoms with E-state index in [4.69, 9.17) is 9.26 Å². The van der Waals surface area contributed by atoms with Gasteiger partial charge in [-0.05, 0) is 49.4 Å². The van der Waals surface area contributed by atoms with E-state index in [9.17, 15) is 36.3 Å². The predicted molar refractivity (Wildman–Crippen MR) is 157 cm³/mol. The molecule has 9 nitrogen and oxygen atoms in total. The van der Waals surface area contributed by atoms with Crippen LogP contribution < -0.4 is 14.0 Å². The number of halogens is 3. The molecule has 1 atom stereocenters. The SMILES string of the molecule is N#Cc1cc(OCCCCCCN2C=CC=CC2)cc2sc(S(=O)(=O)NCP(=O)(O)Oc3ccccc3)c(C(F)(F)F)c12. The monoisotopic (exact) mass is 655 g/mol. The van der Waals surface area contributed by atoms with Gasteiger partial charge in [0.2, 0.25) is 0 Å². The number of unbranched alkanes of at least 4 members (excludes halogenated alkanes) is 3. The van der Waals surface area contributed by atoms with Gasteiger partial charge in [-0.15, -0.1) is 11.3 Å². The van der Waals surface area contributed by atoms with Crippen LogP contribution in [0.25, 0.3) is 10.1 Å². The topological polar surface area (TPSA) is 129 Å². The highest BCUT2D eigenvalue weighted by molar-refractivity contribution is 7.92. The van der Waals surface area contributed by atoms with Crippen molar-refractivity contribution in [3.05, 3.63) is 78.0 Å². The lowest BCUT2D eigenvalue weighted by molar-refractivity contribution is -0.138. The number of thiophene rings is 1. The van der Waals surface area contributed by atoms with Crippen molar-refractivity contribution in [2.45, 2.75) is 36.1 Å². The molecule has 1 aromatic heterocycles. The molecule has 0 fully saturated rings. The summed E-state index contributed by atoms with van der Waals surface area (Å²) in [5.41, 5.74) is -1.93. The second-order valence-corrected chi connectivity index (χ2v) is 14.4. The Labute approximate surface area is 251 Å². The lowest BCUT2D eigenvalue weighted by Crippen LogP contribution is -2.27. The fourth-order valence-electron chi connectivity index (χ4n) is 4.34. The van der Waals surface area contributed by atoms with Gasteiger partial charge in [-0.25, -0.2) is 13.0 Å². The van der Waals surface area contributed by atoms with E-state index in [-0.39, 0.29) is 22.8 Å². The molecule has 1 aliphatic heterocycles. The molecule has 1 unspecified atom stereocenters. The molecular weight excluding hydrogens is 626 g/mol. The summed E-state index contributed by atoms with van der Waals surface area (Å²) >= 11 is 0.291. The first-order valence-electron chi connectivity index (χ1n) is 13.2. The summed E-state index contributed by atoms with van der Waals surface area (Å²) in [5.74, 6) is 0.112. The zero-order chi connectivity index (χ0) is 31.1. The molecule has 2 heterocycles. The highest BCUT2D eigenvalue weighted by Gasteiger charge is 2.43. The van der Waals surface area contributed by atoms with Crippen molar-refractivity contribution in [3.8, 4) is 17.6 Å². The number of sulfonamides is 1. The van der Waals surface area contributed by atoms with Crippen LogP contribution in [0.5, 0.6) is 11.5 Å². The lowest BCUT2D eigenvalue weighted by atomic mass is 10.1. The van der Waals surface area contributed by atoms with Crippen molar-refractivity contribution in [1.29, 1.82) is 5.26 Å². The van der Waals surface area contributed by atoms with Crippen LogP contribution in [0.2, 0.25) is 0 Å². The number of hydrogen-bond acceptors (Lipinski definition) is 8. The second kappa shape index (κ2) is 14.0. The highest BCUT2D eigenvalue weighted by atomic mass is 32.2. The van der Waals surface area contributed by atoms with Gasteiger partial charge in [0.05, 0.1) is 23.8 Å². The van der Waals surface area contributed by atoms with Crippen molar-refractivity contribution < 1.29 is 40.3 Å². The number of ether oxygens (including phenoxy) is 1. The minimum absolute atomic E-state index is 0.0240. The molecule has 15 heteroatoms. The van der Waals surface area contributed by atoms with Crippen LogP contribution in [-0.4, -0.2) is 44.2 Å². The molecular formula is C28H29F3N3O6PS2. The molecule has 3 aromatic rings. The summed E-state index contributed by atoms with van der Waals surface area (Å²) in [7, 11) is -9.59. The normalized spacial score (nSPS) is 14.9. The molecule has 0 saturated heterocycles. The fourth-order valence-corrected chi connectivity index (χ4v) is 8.70. The molecule has 0 bridgehead atoms. The Kier molecular flexibility index (Phi) is 10.6. The van der Waals surface area contributed by atoms with E-state index >= 15 is 0 Å². The predicted octanol–water partition coefficient (Wildman–Crippen LogP) is 6.62. The van der Waals surface area contributed by atoms with Gasteiger partial charge >= 0.3 is 13.8 Å². The maximum absolute atomic E-state index is 14.2. The fraction of sp³-hybridized carbons (Fsp3) is 0.321. The highest BCUT2D eigenvalue weighted by Crippen LogP contribution is 2.47. The van der Waals surface area contributed by atoms with Crippen molar-refractivity contribution in [3.63, 3.8) is 0 Å². The number of nitrogens with one attached hydrogen (secondary N) is 1.